The summed E-state index contributed by atoms with van der Waals surface area (Å²) in [4.78, 5) is 14.3. The second kappa shape index (κ2) is 8.40. The lowest BCUT2D eigenvalue weighted by molar-refractivity contribution is 0.0697. The summed E-state index contributed by atoms with van der Waals surface area (Å²) < 4.78 is 35.4. The van der Waals surface area contributed by atoms with Gasteiger partial charge in [0, 0.05) is 34.3 Å². The van der Waals surface area contributed by atoms with Crippen molar-refractivity contribution in [1.82, 2.24) is 4.58 Å². The zero-order chi connectivity index (χ0) is 26.1. The number of benzene rings is 3. The lowest BCUT2D eigenvalue weighted by Crippen LogP contribution is -2.50. The summed E-state index contributed by atoms with van der Waals surface area (Å²) in [5, 5.41) is 11.8. The Bertz CT molecular complexity index is 1590. The topological polar surface area (TPSA) is 56.7 Å². The molecule has 190 valence electrons. The molecule has 4 aliphatic rings. The van der Waals surface area contributed by atoms with Crippen LogP contribution in [0.5, 0.6) is 0 Å². The molecule has 3 aliphatic heterocycles. The zero-order valence-electron chi connectivity index (χ0n) is 21.1. The highest BCUT2D eigenvalue weighted by Crippen LogP contribution is 2.43. The third-order valence-electron chi connectivity index (χ3n) is 7.48. The number of carbonyl (C=O) groups is 1. The molecule has 5 nitrogen and oxygen atoms in total. The fourth-order valence-corrected chi connectivity index (χ4v) is 5.23. The first kappa shape index (κ1) is 23.6. The average molecular weight is 504 g/mol. The molecule has 2 aromatic carbocycles. The molecular formula is C30H29F2N2O3+. The van der Waals surface area contributed by atoms with Crippen LogP contribution >= 0.6 is 0 Å². The predicted octanol–water partition coefficient (Wildman–Crippen LogP) is 5.48. The minimum Gasteiger partial charge on any atom is -0.478 e. The van der Waals surface area contributed by atoms with E-state index in [-0.39, 0.29) is 11.0 Å². The van der Waals surface area contributed by atoms with E-state index >= 15 is 0 Å². The fourth-order valence-electron chi connectivity index (χ4n) is 5.23. The quantitative estimate of drug-likeness (QED) is 0.297. The number of carboxylic acid groups (broad SMARTS) is 1. The average Bonchev–Trinajstić information content (AvgIpc) is 2.81. The first-order valence-electron chi connectivity index (χ1n) is 12.6. The largest absolute Gasteiger partial charge is 0.478 e. The van der Waals surface area contributed by atoms with Gasteiger partial charge in [0.15, 0.2) is 13.1 Å². The van der Waals surface area contributed by atoms with Gasteiger partial charge in [0.25, 0.3) is 0 Å². The Hall–Kier alpha value is -3.74. The molecule has 0 unspecified atom stereocenters. The van der Waals surface area contributed by atoms with Gasteiger partial charge in [-0.2, -0.15) is 0 Å². The monoisotopic (exact) mass is 503 g/mol. The van der Waals surface area contributed by atoms with Crippen molar-refractivity contribution in [2.24, 2.45) is 0 Å². The second-order valence-electron chi connectivity index (χ2n) is 11.2. The van der Waals surface area contributed by atoms with Gasteiger partial charge in [0.05, 0.1) is 24.7 Å². The molecule has 7 heteroatoms. The molecule has 1 N–H and O–H groups in total. The summed E-state index contributed by atoms with van der Waals surface area (Å²) in [6.45, 7) is 7.64. The molecule has 0 amide bonds. The van der Waals surface area contributed by atoms with Crippen molar-refractivity contribution in [3.05, 3.63) is 71.1 Å². The summed E-state index contributed by atoms with van der Waals surface area (Å²) in [5.41, 5.74) is 4.66. The Balaban J connectivity index is 1.66. The van der Waals surface area contributed by atoms with Crippen LogP contribution in [0.4, 0.5) is 14.5 Å². The summed E-state index contributed by atoms with van der Waals surface area (Å²) in [6, 6.07) is 17.0. The Labute approximate surface area is 213 Å². The van der Waals surface area contributed by atoms with Gasteiger partial charge in [0.1, 0.15) is 17.5 Å². The van der Waals surface area contributed by atoms with Crippen LogP contribution in [0.25, 0.3) is 33.4 Å². The first-order valence-corrected chi connectivity index (χ1v) is 12.6. The zero-order valence-corrected chi connectivity index (χ0v) is 21.1. The standard InChI is InChI=1S/C30H28F2N2O3/c1-30(2,3)17-4-7-22(29(35)36)25(10-17)28-23-8-5-20(33-13-18(31)14-33)11-26(23)37-27-12-21(6-9-24(27)28)34-15-19(32)16-34/h4-12,18-19H,13-16H2,1-3H3/p+1. The molecule has 0 atom stereocenters. The summed E-state index contributed by atoms with van der Waals surface area (Å²) >= 11 is 0. The predicted molar refractivity (Wildman–Crippen MR) is 141 cm³/mol. The van der Waals surface area contributed by atoms with Crippen molar-refractivity contribution in [3.63, 3.8) is 0 Å². The molecule has 3 heterocycles. The number of halogens is 2. The fraction of sp³-hybridized carbons (Fsp3) is 0.333. The van der Waals surface area contributed by atoms with Gasteiger partial charge >= 0.3 is 5.97 Å². The van der Waals surface area contributed by atoms with Crippen molar-refractivity contribution >= 4 is 22.6 Å². The van der Waals surface area contributed by atoms with Crippen molar-refractivity contribution in [1.29, 1.82) is 0 Å². The highest BCUT2D eigenvalue weighted by atomic mass is 19.1. The number of anilines is 1. The molecule has 2 fully saturated rings. The number of alkyl halides is 2. The first-order chi connectivity index (χ1) is 17.6. The molecule has 2 aromatic rings. The van der Waals surface area contributed by atoms with E-state index in [4.69, 9.17) is 4.42 Å². The Kier molecular flexibility index (Phi) is 5.37. The molecule has 0 bridgehead atoms. The second-order valence-corrected chi connectivity index (χ2v) is 11.2. The van der Waals surface area contributed by atoms with Gasteiger partial charge in [-0.15, -0.1) is 0 Å². The van der Waals surface area contributed by atoms with E-state index in [1.165, 1.54) is 0 Å². The maximum Gasteiger partial charge on any atom is 0.336 e. The molecule has 37 heavy (non-hydrogen) atoms. The van der Waals surface area contributed by atoms with Gasteiger partial charge in [-0.1, -0.05) is 26.8 Å². The van der Waals surface area contributed by atoms with E-state index in [1.54, 1.807) is 6.07 Å². The molecule has 2 saturated heterocycles. The van der Waals surface area contributed by atoms with Gasteiger partial charge in [-0.25, -0.2) is 18.2 Å². The number of hydrogen-bond acceptors (Lipinski definition) is 3. The summed E-state index contributed by atoms with van der Waals surface area (Å²) in [6.07, 6.45) is -1.67. The van der Waals surface area contributed by atoms with Gasteiger partial charge in [-0.3, -0.25) is 0 Å². The Morgan fingerprint density at radius 3 is 2.38 bits per heavy atom. The molecule has 6 rings (SSSR count). The summed E-state index contributed by atoms with van der Waals surface area (Å²) in [5.74, 6) is -0.418. The molecule has 1 aliphatic carbocycles. The normalized spacial score (nSPS) is 18.2. The van der Waals surface area contributed by atoms with Crippen LogP contribution in [-0.4, -0.2) is 49.6 Å². The highest BCUT2D eigenvalue weighted by molar-refractivity contribution is 6.08. The third-order valence-corrected chi connectivity index (χ3v) is 7.48. The molecule has 0 radical (unpaired) electrons. The SMILES string of the molecule is CC(C)(C)c1ccc(C(=O)O)c(-c2c3ccc(=[N+]4CC(F)C4)cc-3oc3cc(N4CC(F)C4)ccc23)c1. The van der Waals surface area contributed by atoms with Crippen LogP contribution in [0.1, 0.15) is 36.7 Å². The van der Waals surface area contributed by atoms with Crippen molar-refractivity contribution in [3.8, 4) is 22.5 Å². The molecular weight excluding hydrogens is 474 g/mol. The smallest absolute Gasteiger partial charge is 0.336 e. The van der Waals surface area contributed by atoms with E-state index in [2.05, 4.69) is 20.8 Å². The number of fused-ring (bicyclic) bond motifs is 2. The Morgan fingerprint density at radius 2 is 1.73 bits per heavy atom. The number of aromatic carboxylic acids is 1. The van der Waals surface area contributed by atoms with Crippen LogP contribution in [0.3, 0.4) is 0 Å². The number of hydrogen-bond donors (Lipinski definition) is 1. The van der Waals surface area contributed by atoms with Crippen LogP contribution in [0.2, 0.25) is 0 Å². The molecule has 0 spiro atoms. The maximum absolute atomic E-state index is 13.5. The van der Waals surface area contributed by atoms with Gasteiger partial charge < -0.3 is 14.4 Å². The van der Waals surface area contributed by atoms with Crippen LogP contribution < -0.4 is 14.8 Å². The van der Waals surface area contributed by atoms with E-state index in [9.17, 15) is 18.7 Å². The number of nitrogens with zero attached hydrogens (tertiary/aromatic N) is 2. The van der Waals surface area contributed by atoms with Crippen LogP contribution in [-0.2, 0) is 5.41 Å². The van der Waals surface area contributed by atoms with Crippen LogP contribution in [0.15, 0.2) is 59.0 Å². The van der Waals surface area contributed by atoms with E-state index in [0.717, 1.165) is 33.1 Å². The maximum atomic E-state index is 13.5. The van der Waals surface area contributed by atoms with Crippen molar-refractivity contribution in [2.75, 3.05) is 31.1 Å². The Morgan fingerprint density at radius 1 is 0.973 bits per heavy atom. The molecule has 0 saturated carbocycles. The van der Waals surface area contributed by atoms with Gasteiger partial charge in [-0.05, 0) is 46.9 Å². The van der Waals surface area contributed by atoms with E-state index in [1.807, 2.05) is 58.0 Å². The highest BCUT2D eigenvalue weighted by Gasteiger charge is 2.32. The van der Waals surface area contributed by atoms with Crippen LogP contribution in [0, 0.1) is 0 Å². The van der Waals surface area contributed by atoms with E-state index < -0.39 is 18.3 Å². The summed E-state index contributed by atoms with van der Waals surface area (Å²) in [7, 11) is 0. The lowest BCUT2D eigenvalue weighted by atomic mass is 9.82. The van der Waals surface area contributed by atoms with Crippen molar-refractivity contribution < 1.29 is 23.1 Å². The number of carboxylic acids is 1. The van der Waals surface area contributed by atoms with Gasteiger partial charge in [0.2, 0.25) is 11.5 Å². The molecule has 0 aromatic heterocycles. The third kappa shape index (κ3) is 4.06. The van der Waals surface area contributed by atoms with Crippen molar-refractivity contribution in [2.45, 2.75) is 38.5 Å². The lowest BCUT2D eigenvalue weighted by Gasteiger charge is -2.36. The number of rotatable bonds is 3. The minimum absolute atomic E-state index is 0.183. The minimum atomic E-state index is -1.00. The van der Waals surface area contributed by atoms with E-state index in [0.29, 0.717) is 43.1 Å².